The topological polar surface area (TPSA) is 75.3 Å². The average Bonchev–Trinajstić information content (AvgIpc) is 2.86. The van der Waals surface area contributed by atoms with Gasteiger partial charge in [-0.3, -0.25) is 9.59 Å². The van der Waals surface area contributed by atoms with E-state index in [2.05, 4.69) is 10.6 Å². The zero-order valence-electron chi connectivity index (χ0n) is 10.5. The van der Waals surface area contributed by atoms with Gasteiger partial charge in [0, 0.05) is 6.42 Å². The normalized spacial score (nSPS) is 19.6. The first-order chi connectivity index (χ1) is 9.19. The molecular formula is C14H16N2O3. The predicted octanol–water partition coefficient (Wildman–Crippen LogP) is 0.191. The van der Waals surface area contributed by atoms with Crippen molar-refractivity contribution in [3.8, 4) is 0 Å². The lowest BCUT2D eigenvalue weighted by atomic mass is 10.1. The molecule has 1 fully saturated rings. The van der Waals surface area contributed by atoms with Gasteiger partial charge in [0.05, 0.1) is 6.04 Å². The second-order valence-corrected chi connectivity index (χ2v) is 4.60. The fourth-order valence-corrected chi connectivity index (χ4v) is 2.10. The summed E-state index contributed by atoms with van der Waals surface area (Å²) < 4.78 is 0. The highest BCUT2D eigenvalue weighted by Crippen LogP contribution is 2.07. The number of hydrogen-bond donors (Lipinski definition) is 2. The van der Waals surface area contributed by atoms with Gasteiger partial charge in [0.15, 0.2) is 0 Å². The molecule has 100 valence electrons. The summed E-state index contributed by atoms with van der Waals surface area (Å²) in [5, 5.41) is 5.24. The van der Waals surface area contributed by atoms with E-state index < -0.39 is 12.1 Å². The molecule has 0 saturated carbocycles. The standard InChI is InChI=1S/C14H16N2O3/c17-9-11(8-10-4-2-1-3-5-10)15-14(19)12-6-7-13(18)16-12/h1-5,9,11-12H,6-8H2,(H,15,19)(H,16,18)/t11-,12-/m0/s1. The number of hydrogen-bond acceptors (Lipinski definition) is 3. The van der Waals surface area contributed by atoms with Gasteiger partial charge in [0.1, 0.15) is 12.3 Å². The van der Waals surface area contributed by atoms with Crippen LogP contribution in [0, 0.1) is 0 Å². The quantitative estimate of drug-likeness (QED) is 0.742. The lowest BCUT2D eigenvalue weighted by Crippen LogP contribution is -2.47. The summed E-state index contributed by atoms with van der Waals surface area (Å²) in [6.07, 6.45) is 2.03. The molecule has 0 aliphatic carbocycles. The molecule has 0 unspecified atom stereocenters. The van der Waals surface area contributed by atoms with Gasteiger partial charge in [-0.05, 0) is 18.4 Å². The van der Waals surface area contributed by atoms with Crippen LogP contribution in [0.25, 0.3) is 0 Å². The Bertz CT molecular complexity index is 473. The lowest BCUT2D eigenvalue weighted by molar-refractivity contribution is -0.127. The van der Waals surface area contributed by atoms with Gasteiger partial charge >= 0.3 is 0 Å². The van der Waals surface area contributed by atoms with Crippen LogP contribution in [0.4, 0.5) is 0 Å². The third-order valence-electron chi connectivity index (χ3n) is 3.10. The predicted molar refractivity (Wildman–Crippen MR) is 69.3 cm³/mol. The molecule has 2 rings (SSSR count). The molecule has 2 N–H and O–H groups in total. The summed E-state index contributed by atoms with van der Waals surface area (Å²) >= 11 is 0. The number of rotatable bonds is 5. The minimum absolute atomic E-state index is 0.120. The molecule has 0 aromatic heterocycles. The van der Waals surface area contributed by atoms with Crippen LogP contribution >= 0.6 is 0 Å². The van der Waals surface area contributed by atoms with E-state index >= 15 is 0 Å². The second-order valence-electron chi connectivity index (χ2n) is 4.60. The van der Waals surface area contributed by atoms with Crippen molar-refractivity contribution in [2.75, 3.05) is 0 Å². The van der Waals surface area contributed by atoms with Crippen LogP contribution < -0.4 is 10.6 Å². The fourth-order valence-electron chi connectivity index (χ4n) is 2.10. The number of carbonyl (C=O) groups is 3. The first kappa shape index (κ1) is 13.3. The largest absolute Gasteiger partial charge is 0.344 e. The third-order valence-corrected chi connectivity index (χ3v) is 3.10. The van der Waals surface area contributed by atoms with E-state index in [0.717, 1.165) is 11.8 Å². The second kappa shape index (κ2) is 6.13. The molecule has 2 atom stereocenters. The van der Waals surface area contributed by atoms with E-state index in [1.165, 1.54) is 0 Å². The Morgan fingerprint density at radius 1 is 1.42 bits per heavy atom. The highest BCUT2D eigenvalue weighted by molar-refractivity contribution is 5.91. The van der Waals surface area contributed by atoms with Crippen LogP contribution in [-0.2, 0) is 20.8 Å². The van der Waals surface area contributed by atoms with Crippen molar-refractivity contribution < 1.29 is 14.4 Å². The maximum atomic E-state index is 11.9. The molecule has 1 aliphatic rings. The van der Waals surface area contributed by atoms with E-state index in [0.29, 0.717) is 19.3 Å². The SMILES string of the molecule is O=C[C@H](Cc1ccccc1)NC(=O)[C@@H]1CCC(=O)N1. The molecule has 1 saturated heterocycles. The highest BCUT2D eigenvalue weighted by atomic mass is 16.2. The summed E-state index contributed by atoms with van der Waals surface area (Å²) in [7, 11) is 0. The first-order valence-corrected chi connectivity index (χ1v) is 6.28. The Hall–Kier alpha value is -2.17. The Morgan fingerprint density at radius 2 is 2.16 bits per heavy atom. The van der Waals surface area contributed by atoms with E-state index in [-0.39, 0.29) is 11.8 Å². The van der Waals surface area contributed by atoms with Crippen LogP contribution in [0.3, 0.4) is 0 Å². The Balaban J connectivity index is 1.90. The van der Waals surface area contributed by atoms with Crippen LogP contribution in [0.5, 0.6) is 0 Å². The summed E-state index contributed by atoms with van der Waals surface area (Å²) in [4.78, 5) is 33.9. The highest BCUT2D eigenvalue weighted by Gasteiger charge is 2.28. The van der Waals surface area contributed by atoms with Crippen LogP contribution in [-0.4, -0.2) is 30.2 Å². The van der Waals surface area contributed by atoms with Gasteiger partial charge in [0.2, 0.25) is 11.8 Å². The molecule has 0 bridgehead atoms. The van der Waals surface area contributed by atoms with Gasteiger partial charge < -0.3 is 15.4 Å². The summed E-state index contributed by atoms with van der Waals surface area (Å²) in [5.74, 6) is -0.412. The molecule has 1 aromatic carbocycles. The van der Waals surface area contributed by atoms with E-state index in [4.69, 9.17) is 0 Å². The van der Waals surface area contributed by atoms with Crippen molar-refractivity contribution in [3.63, 3.8) is 0 Å². The fraction of sp³-hybridized carbons (Fsp3) is 0.357. The van der Waals surface area contributed by atoms with Gasteiger partial charge in [-0.25, -0.2) is 0 Å². The Labute approximate surface area is 111 Å². The molecule has 0 spiro atoms. The molecule has 1 heterocycles. The molecule has 1 aliphatic heterocycles. The number of nitrogens with one attached hydrogen (secondary N) is 2. The number of carbonyl (C=O) groups excluding carboxylic acids is 3. The number of aldehydes is 1. The maximum absolute atomic E-state index is 11.9. The molecule has 0 radical (unpaired) electrons. The van der Waals surface area contributed by atoms with Gasteiger partial charge in [-0.15, -0.1) is 0 Å². The average molecular weight is 260 g/mol. The number of benzene rings is 1. The minimum atomic E-state index is -0.563. The summed E-state index contributed by atoms with van der Waals surface area (Å²) in [6.45, 7) is 0. The molecule has 5 heteroatoms. The van der Waals surface area contributed by atoms with Gasteiger partial charge in [0.25, 0.3) is 0 Å². The number of amides is 2. The van der Waals surface area contributed by atoms with E-state index in [1.807, 2.05) is 30.3 Å². The van der Waals surface area contributed by atoms with Crippen LogP contribution in [0.15, 0.2) is 30.3 Å². The van der Waals surface area contributed by atoms with Crippen LogP contribution in [0.1, 0.15) is 18.4 Å². The van der Waals surface area contributed by atoms with Crippen LogP contribution in [0.2, 0.25) is 0 Å². The zero-order chi connectivity index (χ0) is 13.7. The molecule has 19 heavy (non-hydrogen) atoms. The van der Waals surface area contributed by atoms with Crippen molar-refractivity contribution >= 4 is 18.1 Å². The lowest BCUT2D eigenvalue weighted by Gasteiger charge is -2.16. The monoisotopic (exact) mass is 260 g/mol. The smallest absolute Gasteiger partial charge is 0.243 e. The molecule has 5 nitrogen and oxygen atoms in total. The van der Waals surface area contributed by atoms with Gasteiger partial charge in [-0.2, -0.15) is 0 Å². The zero-order valence-corrected chi connectivity index (χ0v) is 10.5. The minimum Gasteiger partial charge on any atom is -0.344 e. The maximum Gasteiger partial charge on any atom is 0.243 e. The summed E-state index contributed by atoms with van der Waals surface area (Å²) in [5.41, 5.74) is 0.982. The van der Waals surface area contributed by atoms with Crippen molar-refractivity contribution in [1.29, 1.82) is 0 Å². The first-order valence-electron chi connectivity index (χ1n) is 6.28. The Morgan fingerprint density at radius 3 is 2.74 bits per heavy atom. The molecular weight excluding hydrogens is 244 g/mol. The van der Waals surface area contributed by atoms with Crippen molar-refractivity contribution in [3.05, 3.63) is 35.9 Å². The molecule has 1 aromatic rings. The van der Waals surface area contributed by atoms with E-state index in [9.17, 15) is 14.4 Å². The Kier molecular flexibility index (Phi) is 4.28. The summed E-state index contributed by atoms with van der Waals surface area (Å²) in [6, 6.07) is 8.40. The van der Waals surface area contributed by atoms with Crippen molar-refractivity contribution in [2.45, 2.75) is 31.3 Å². The van der Waals surface area contributed by atoms with Gasteiger partial charge in [-0.1, -0.05) is 30.3 Å². The van der Waals surface area contributed by atoms with Crippen molar-refractivity contribution in [1.82, 2.24) is 10.6 Å². The third kappa shape index (κ3) is 3.64. The van der Waals surface area contributed by atoms with E-state index in [1.54, 1.807) is 0 Å². The molecule has 2 amide bonds. The van der Waals surface area contributed by atoms with Crippen molar-refractivity contribution in [2.24, 2.45) is 0 Å².